The molecule has 0 aliphatic carbocycles. The van der Waals surface area contributed by atoms with E-state index in [0.717, 1.165) is 0 Å². The van der Waals surface area contributed by atoms with Gasteiger partial charge < -0.3 is 10.1 Å². The molecular formula is C27H22Br2FN5O5. The summed E-state index contributed by atoms with van der Waals surface area (Å²) in [4.78, 5) is 41.4. The topological polar surface area (TPSA) is 129 Å². The summed E-state index contributed by atoms with van der Waals surface area (Å²) in [6, 6.07) is 13.5. The fraction of sp³-hybridized carbons (Fsp3) is 0.185. The van der Waals surface area contributed by atoms with Gasteiger partial charge in [-0.25, -0.2) is 9.37 Å². The van der Waals surface area contributed by atoms with Gasteiger partial charge in [-0.1, -0.05) is 41.9 Å². The highest BCUT2D eigenvalue weighted by molar-refractivity contribution is 9.10. The van der Waals surface area contributed by atoms with Crippen molar-refractivity contribution >= 4 is 66.3 Å². The number of nitrogens with zero attached hydrogens (tertiary/aromatic N) is 4. The zero-order valence-electron chi connectivity index (χ0n) is 21.2. The number of rotatable bonds is 9. The third-order valence-electron chi connectivity index (χ3n) is 5.95. The molecule has 3 aromatic carbocycles. The Balaban J connectivity index is 1.65. The maximum absolute atomic E-state index is 13.8. The van der Waals surface area contributed by atoms with Gasteiger partial charge in [0.1, 0.15) is 11.6 Å². The van der Waals surface area contributed by atoms with Gasteiger partial charge in [0.05, 0.1) is 32.2 Å². The molecule has 4 aromatic rings. The van der Waals surface area contributed by atoms with Gasteiger partial charge in [0.25, 0.3) is 11.5 Å². The summed E-state index contributed by atoms with van der Waals surface area (Å²) >= 11 is 6.62. The molecule has 1 N–H and O–H groups in total. The van der Waals surface area contributed by atoms with Crippen LogP contribution in [-0.2, 0) is 4.79 Å². The predicted octanol–water partition coefficient (Wildman–Crippen LogP) is 6.38. The number of anilines is 1. The Kier molecular flexibility index (Phi) is 9.05. The Labute approximate surface area is 244 Å². The summed E-state index contributed by atoms with van der Waals surface area (Å²) in [6.45, 7) is 3.29. The van der Waals surface area contributed by atoms with Crippen molar-refractivity contribution in [3.05, 3.63) is 101 Å². The van der Waals surface area contributed by atoms with Gasteiger partial charge in [0, 0.05) is 22.0 Å². The molecule has 1 atom stereocenters. The number of amides is 1. The number of benzene rings is 3. The number of carbonyl (C=O) groups is 1. The number of para-hydroxylation sites is 1. The number of fused-ring (bicyclic) bond motifs is 1. The predicted molar refractivity (Wildman–Crippen MR) is 157 cm³/mol. The van der Waals surface area contributed by atoms with Crippen LogP contribution in [0.2, 0.25) is 0 Å². The van der Waals surface area contributed by atoms with Gasteiger partial charge in [-0.3, -0.25) is 19.7 Å². The fourth-order valence-corrected chi connectivity index (χ4v) is 4.69. The third-order valence-corrected chi connectivity index (χ3v) is 7.03. The van der Waals surface area contributed by atoms with Crippen LogP contribution in [0.15, 0.2) is 73.4 Å². The highest BCUT2D eigenvalue weighted by Crippen LogP contribution is 2.36. The summed E-state index contributed by atoms with van der Waals surface area (Å²) in [7, 11) is 0. The van der Waals surface area contributed by atoms with Crippen molar-refractivity contribution in [3.8, 4) is 5.75 Å². The number of carbonyl (C=O) groups excluding carboxylic acids is 1. The quantitative estimate of drug-likeness (QED) is 0.125. The number of nitro benzene ring substituents is 1. The number of nitro groups is 1. The van der Waals surface area contributed by atoms with E-state index in [1.165, 1.54) is 41.2 Å². The highest BCUT2D eigenvalue weighted by atomic mass is 79.9. The maximum Gasteiger partial charge on any atom is 0.312 e. The van der Waals surface area contributed by atoms with E-state index in [4.69, 9.17) is 4.74 Å². The Morgan fingerprint density at radius 1 is 1.25 bits per heavy atom. The molecule has 0 radical (unpaired) electrons. The van der Waals surface area contributed by atoms with Crippen LogP contribution in [0.3, 0.4) is 0 Å². The highest BCUT2D eigenvalue weighted by Gasteiger charge is 2.22. The van der Waals surface area contributed by atoms with Crippen molar-refractivity contribution in [1.82, 2.24) is 9.66 Å². The van der Waals surface area contributed by atoms with Gasteiger partial charge >= 0.3 is 5.69 Å². The lowest BCUT2D eigenvalue weighted by atomic mass is 10.1. The van der Waals surface area contributed by atoms with Crippen molar-refractivity contribution in [1.29, 1.82) is 0 Å². The number of halogens is 3. The second-order valence-corrected chi connectivity index (χ2v) is 10.5. The molecule has 13 heteroatoms. The van der Waals surface area contributed by atoms with E-state index in [-0.39, 0.29) is 33.0 Å². The average Bonchev–Trinajstić information content (AvgIpc) is 2.92. The molecule has 40 heavy (non-hydrogen) atoms. The van der Waals surface area contributed by atoms with Crippen LogP contribution >= 0.6 is 31.9 Å². The zero-order chi connectivity index (χ0) is 29.0. The first kappa shape index (κ1) is 29.0. The number of aromatic nitrogens is 2. The van der Waals surface area contributed by atoms with Crippen molar-refractivity contribution in [2.75, 3.05) is 11.9 Å². The van der Waals surface area contributed by atoms with Crippen molar-refractivity contribution < 1.29 is 18.8 Å². The van der Waals surface area contributed by atoms with Crippen molar-refractivity contribution in [2.24, 2.45) is 5.10 Å². The molecular weight excluding hydrogens is 653 g/mol. The van der Waals surface area contributed by atoms with Gasteiger partial charge in [-0.2, -0.15) is 9.78 Å². The van der Waals surface area contributed by atoms with Gasteiger partial charge in [0.2, 0.25) is 5.75 Å². The Bertz CT molecular complexity index is 1710. The van der Waals surface area contributed by atoms with Crippen LogP contribution in [0.1, 0.15) is 37.6 Å². The van der Waals surface area contributed by atoms with Crippen LogP contribution in [0.5, 0.6) is 5.75 Å². The normalized spacial score (nSPS) is 12.0. The van der Waals surface area contributed by atoms with E-state index in [2.05, 4.69) is 47.3 Å². The molecule has 1 amide bonds. The molecule has 206 valence electrons. The average molecular weight is 675 g/mol. The summed E-state index contributed by atoms with van der Waals surface area (Å²) in [6.07, 6.45) is 2.02. The van der Waals surface area contributed by atoms with Crippen molar-refractivity contribution in [2.45, 2.75) is 26.2 Å². The lowest BCUT2D eigenvalue weighted by molar-refractivity contribution is -0.385. The van der Waals surface area contributed by atoms with E-state index in [1.54, 1.807) is 24.3 Å². The molecule has 0 saturated heterocycles. The third kappa shape index (κ3) is 6.42. The number of ether oxygens (including phenoxy) is 1. The van der Waals surface area contributed by atoms with E-state index < -0.39 is 28.9 Å². The van der Waals surface area contributed by atoms with E-state index in [0.29, 0.717) is 27.6 Å². The molecule has 0 bridgehead atoms. The van der Waals surface area contributed by atoms with E-state index in [1.807, 2.05) is 13.8 Å². The van der Waals surface area contributed by atoms with Crippen LogP contribution in [-0.4, -0.2) is 33.3 Å². The molecule has 0 spiro atoms. The number of hydrogen-bond acceptors (Lipinski definition) is 7. The summed E-state index contributed by atoms with van der Waals surface area (Å²) in [5, 5.41) is 18.9. The maximum atomic E-state index is 13.8. The molecule has 10 nitrogen and oxygen atoms in total. The van der Waals surface area contributed by atoms with Crippen LogP contribution in [0.25, 0.3) is 10.9 Å². The number of nitrogens with one attached hydrogen (secondary N) is 1. The molecule has 0 saturated carbocycles. The minimum Gasteiger partial charge on any atom is -0.476 e. The summed E-state index contributed by atoms with van der Waals surface area (Å²) in [5.74, 6) is -1.17. The molecule has 1 heterocycles. The lowest BCUT2D eigenvalue weighted by Gasteiger charge is -2.14. The first-order valence-corrected chi connectivity index (χ1v) is 13.6. The van der Waals surface area contributed by atoms with E-state index in [9.17, 15) is 24.1 Å². The number of hydrogen-bond donors (Lipinski definition) is 1. The van der Waals surface area contributed by atoms with Crippen molar-refractivity contribution in [3.63, 3.8) is 0 Å². The molecule has 0 fully saturated rings. The van der Waals surface area contributed by atoms with Gasteiger partial charge in [0.15, 0.2) is 6.61 Å². The van der Waals surface area contributed by atoms with Gasteiger partial charge in [-0.05, 0) is 58.7 Å². The SMILES string of the molecule is CC[C@H](C)c1nc2ccc(Br)cc2c(=O)n1N=Cc1cc(Br)c(OCC(=O)Nc2ccccc2F)c([N+](=O)[O-])c1. The van der Waals surface area contributed by atoms with Crippen LogP contribution in [0.4, 0.5) is 15.8 Å². The fourth-order valence-electron chi connectivity index (χ4n) is 3.74. The largest absolute Gasteiger partial charge is 0.476 e. The lowest BCUT2D eigenvalue weighted by Crippen LogP contribution is -2.23. The first-order chi connectivity index (χ1) is 19.1. The second-order valence-electron chi connectivity index (χ2n) is 8.73. The first-order valence-electron chi connectivity index (χ1n) is 12.0. The standard InChI is InChI=1S/C27H22Br2FN5O5/c1-3-15(2)26-33-21-9-8-17(28)12-18(21)27(37)34(26)31-13-16-10-19(29)25(23(11-16)35(38)39)40-14-24(36)32-22-7-5-4-6-20(22)30/h4-13,15H,3,14H2,1-2H3,(H,32,36)/t15-/m0/s1. The Morgan fingerprint density at radius 2 is 2.00 bits per heavy atom. The monoisotopic (exact) mass is 673 g/mol. The smallest absolute Gasteiger partial charge is 0.312 e. The Morgan fingerprint density at radius 3 is 2.70 bits per heavy atom. The molecule has 0 aliphatic heterocycles. The van der Waals surface area contributed by atoms with Gasteiger partial charge in [-0.15, -0.1) is 0 Å². The van der Waals surface area contributed by atoms with Crippen LogP contribution < -0.4 is 15.6 Å². The van der Waals surface area contributed by atoms with E-state index >= 15 is 0 Å². The molecule has 0 unspecified atom stereocenters. The second kappa shape index (κ2) is 12.5. The molecule has 0 aliphatic rings. The molecule has 1 aromatic heterocycles. The summed E-state index contributed by atoms with van der Waals surface area (Å²) < 4.78 is 21.3. The summed E-state index contributed by atoms with van der Waals surface area (Å²) in [5.41, 5.74) is -0.0393. The minimum absolute atomic E-state index is 0.0428. The zero-order valence-corrected chi connectivity index (χ0v) is 24.4. The van der Waals surface area contributed by atoms with Crippen LogP contribution in [0, 0.1) is 15.9 Å². The Hall–Kier alpha value is -3.97. The molecule has 4 rings (SSSR count). The minimum atomic E-state index is -0.704.